The first-order chi connectivity index (χ1) is 18.4. The van der Waals surface area contributed by atoms with Crippen LogP contribution in [0, 0.1) is 0 Å². The monoisotopic (exact) mass is 572 g/mol. The Kier molecular flexibility index (Phi) is 8.63. The average Bonchev–Trinajstić information content (AvgIpc) is 2.89. The van der Waals surface area contributed by atoms with Crippen LogP contribution in [0.4, 0.5) is 16.2 Å². The van der Waals surface area contributed by atoms with E-state index in [0.29, 0.717) is 41.7 Å². The molecule has 0 aliphatic carbocycles. The molecule has 208 valence electrons. The first kappa shape index (κ1) is 28.6. The van der Waals surface area contributed by atoms with Gasteiger partial charge in [0.25, 0.3) is 0 Å². The van der Waals surface area contributed by atoms with Crippen molar-refractivity contribution in [2.45, 2.75) is 37.8 Å². The van der Waals surface area contributed by atoms with Gasteiger partial charge in [0.1, 0.15) is 5.75 Å². The van der Waals surface area contributed by atoms with Gasteiger partial charge < -0.3 is 20.3 Å². The van der Waals surface area contributed by atoms with Crippen molar-refractivity contribution in [1.82, 2.24) is 20.0 Å². The highest BCUT2D eigenvalue weighted by Gasteiger charge is 2.33. The number of amides is 2. The number of anilines is 2. The minimum absolute atomic E-state index is 0.108. The van der Waals surface area contributed by atoms with Gasteiger partial charge in [-0.15, -0.1) is 0 Å². The van der Waals surface area contributed by atoms with E-state index >= 15 is 0 Å². The number of ether oxygens (including phenoxy) is 1. The Hall–Kier alpha value is -3.41. The quantitative estimate of drug-likeness (QED) is 0.371. The van der Waals surface area contributed by atoms with Crippen molar-refractivity contribution >= 4 is 39.0 Å². The van der Waals surface area contributed by atoms with Gasteiger partial charge in [-0.05, 0) is 68.8 Å². The fourth-order valence-corrected chi connectivity index (χ4v) is 5.88. The average molecular weight is 573 g/mol. The van der Waals surface area contributed by atoms with E-state index in [9.17, 15) is 13.2 Å². The Balaban J connectivity index is 1.52. The molecule has 2 aromatic heterocycles. The number of urea groups is 1. The Morgan fingerprint density at radius 1 is 1.08 bits per heavy atom. The highest BCUT2D eigenvalue weighted by atomic mass is 35.5. The van der Waals surface area contributed by atoms with Crippen molar-refractivity contribution in [3.05, 3.63) is 77.3 Å². The molecule has 1 aromatic carbocycles. The molecule has 3 aromatic rings. The normalized spacial score (nSPS) is 17.9. The zero-order chi connectivity index (χ0) is 28.2. The number of carbonyl (C=O) groups excluding carboxylic acids is 1. The number of nitrogens with one attached hydrogen (secondary N) is 3. The predicted molar refractivity (Wildman–Crippen MR) is 153 cm³/mol. The molecule has 1 saturated heterocycles. The predicted octanol–water partition coefficient (Wildman–Crippen LogP) is 4.11. The summed E-state index contributed by atoms with van der Waals surface area (Å²) in [7, 11) is -1.81. The summed E-state index contributed by atoms with van der Waals surface area (Å²) in [5.41, 5.74) is 2.14. The minimum Gasteiger partial charge on any atom is -0.495 e. The smallest absolute Gasteiger partial charge is 0.319 e. The largest absolute Gasteiger partial charge is 0.495 e. The van der Waals surface area contributed by atoms with Crippen LogP contribution in [0.1, 0.15) is 37.6 Å². The summed E-state index contributed by atoms with van der Waals surface area (Å²) in [5.74, 6) is 0.546. The lowest BCUT2D eigenvalue weighted by molar-refractivity contribution is 0.243. The zero-order valence-corrected chi connectivity index (χ0v) is 23.9. The third-order valence-corrected chi connectivity index (χ3v) is 7.73. The van der Waals surface area contributed by atoms with Crippen LogP contribution in [0.15, 0.2) is 60.9 Å². The summed E-state index contributed by atoms with van der Waals surface area (Å²) >= 11 is 5.95. The van der Waals surface area contributed by atoms with Gasteiger partial charge in [-0.25, -0.2) is 17.9 Å². The lowest BCUT2D eigenvalue weighted by Crippen LogP contribution is -2.51. The minimum atomic E-state index is -3.40. The van der Waals surface area contributed by atoms with E-state index in [4.69, 9.17) is 16.3 Å². The Morgan fingerprint density at radius 2 is 1.82 bits per heavy atom. The van der Waals surface area contributed by atoms with Crippen LogP contribution in [0.3, 0.4) is 0 Å². The molecule has 1 aliphatic heterocycles. The number of methoxy groups -OCH3 is 1. The van der Waals surface area contributed by atoms with Gasteiger partial charge in [-0.1, -0.05) is 11.6 Å². The summed E-state index contributed by atoms with van der Waals surface area (Å²) in [6.07, 6.45) is 5.23. The number of hydrogen-bond acceptors (Lipinski definition) is 7. The van der Waals surface area contributed by atoms with E-state index in [1.165, 1.54) is 0 Å². The molecule has 1 fully saturated rings. The first-order valence-corrected chi connectivity index (χ1v) is 14.7. The zero-order valence-electron chi connectivity index (χ0n) is 22.3. The lowest BCUT2D eigenvalue weighted by Gasteiger charge is -2.40. The second kappa shape index (κ2) is 11.8. The fraction of sp³-hybridized carbons (Fsp3) is 0.370. The van der Waals surface area contributed by atoms with Crippen LogP contribution in [0.25, 0.3) is 0 Å². The van der Waals surface area contributed by atoms with Crippen molar-refractivity contribution in [3.8, 4) is 5.75 Å². The fourth-order valence-electron chi connectivity index (χ4n) is 4.72. The van der Waals surface area contributed by atoms with E-state index in [2.05, 4.69) is 30.2 Å². The number of hydrogen-bond donors (Lipinski definition) is 3. The molecule has 4 rings (SSSR count). The first-order valence-electron chi connectivity index (χ1n) is 12.5. The second-order valence-electron chi connectivity index (χ2n) is 10.1. The summed E-state index contributed by atoms with van der Waals surface area (Å²) in [6.45, 7) is 4.82. The molecule has 3 heterocycles. The van der Waals surface area contributed by atoms with E-state index in [-0.39, 0.29) is 18.0 Å². The Morgan fingerprint density at radius 3 is 2.41 bits per heavy atom. The summed E-state index contributed by atoms with van der Waals surface area (Å²) in [5, 5.41) is 6.58. The van der Waals surface area contributed by atoms with Crippen LogP contribution in [-0.4, -0.2) is 56.9 Å². The number of halogens is 1. The maximum Gasteiger partial charge on any atom is 0.319 e. The molecular formula is C27H33ClN6O4S. The molecule has 1 aliphatic rings. The third kappa shape index (κ3) is 7.59. The molecule has 0 bridgehead atoms. The Labute approximate surface area is 234 Å². The van der Waals surface area contributed by atoms with Gasteiger partial charge in [-0.2, -0.15) is 0 Å². The van der Waals surface area contributed by atoms with E-state index in [1.807, 2.05) is 24.3 Å². The highest BCUT2D eigenvalue weighted by molar-refractivity contribution is 7.88. The molecule has 39 heavy (non-hydrogen) atoms. The van der Waals surface area contributed by atoms with Gasteiger partial charge in [0.15, 0.2) is 0 Å². The second-order valence-corrected chi connectivity index (χ2v) is 12.3. The lowest BCUT2D eigenvalue weighted by atomic mass is 9.88. The van der Waals surface area contributed by atoms with Crippen molar-refractivity contribution < 1.29 is 17.9 Å². The van der Waals surface area contributed by atoms with Crippen molar-refractivity contribution in [1.29, 1.82) is 0 Å². The SMILES string of the molecule is COc1ccc(C2CN(c3ccc(C(C)(C)NS(C)(=O)=O)nc3)CCC2NC(=O)Nc2ccc(Cl)cc2)nc1. The summed E-state index contributed by atoms with van der Waals surface area (Å²) in [6, 6.07) is 14.0. The number of aromatic nitrogens is 2. The van der Waals surface area contributed by atoms with E-state index in [0.717, 1.165) is 17.6 Å². The molecule has 0 spiro atoms. The molecule has 3 N–H and O–H groups in total. The van der Waals surface area contributed by atoms with Gasteiger partial charge in [0.05, 0.1) is 42.7 Å². The third-order valence-electron chi connectivity index (χ3n) is 6.60. The molecule has 0 saturated carbocycles. The van der Waals surface area contributed by atoms with Gasteiger partial charge >= 0.3 is 6.03 Å². The van der Waals surface area contributed by atoms with Crippen LogP contribution < -0.4 is 25.0 Å². The van der Waals surface area contributed by atoms with Crippen molar-refractivity contribution in [3.63, 3.8) is 0 Å². The maximum atomic E-state index is 12.9. The van der Waals surface area contributed by atoms with Crippen LogP contribution in [0.5, 0.6) is 5.75 Å². The molecular weight excluding hydrogens is 540 g/mol. The van der Waals surface area contributed by atoms with Crippen LogP contribution >= 0.6 is 11.6 Å². The number of nitrogens with zero attached hydrogens (tertiary/aromatic N) is 3. The number of pyridine rings is 2. The topological polar surface area (TPSA) is 126 Å². The molecule has 0 radical (unpaired) electrons. The van der Waals surface area contributed by atoms with Crippen molar-refractivity contribution in [2.24, 2.45) is 0 Å². The van der Waals surface area contributed by atoms with Gasteiger partial charge in [0, 0.05) is 41.5 Å². The van der Waals surface area contributed by atoms with Gasteiger partial charge in [0.2, 0.25) is 10.0 Å². The summed E-state index contributed by atoms with van der Waals surface area (Å²) < 4.78 is 31.4. The molecule has 10 nitrogen and oxygen atoms in total. The number of piperidine rings is 1. The van der Waals surface area contributed by atoms with Crippen LogP contribution in [0.2, 0.25) is 5.02 Å². The van der Waals surface area contributed by atoms with E-state index in [1.54, 1.807) is 57.6 Å². The molecule has 12 heteroatoms. The number of rotatable bonds is 8. The Bertz CT molecular complexity index is 1380. The van der Waals surface area contributed by atoms with E-state index < -0.39 is 15.6 Å². The number of sulfonamides is 1. The highest BCUT2D eigenvalue weighted by Crippen LogP contribution is 2.31. The molecule has 2 atom stereocenters. The van der Waals surface area contributed by atoms with Crippen LogP contribution in [-0.2, 0) is 15.6 Å². The number of benzene rings is 1. The standard InChI is InChI=1S/C27H33ClN6O4S/c1-27(2,33-39(4,36)37)25-12-9-20(15-30-25)34-14-13-24(22(17-34)23-11-10-21(38-3)16-29-23)32-26(35)31-19-7-5-18(28)6-8-19/h5-12,15-16,22,24,33H,13-14,17H2,1-4H3,(H2,31,32,35). The number of carbonyl (C=O) groups is 1. The maximum absolute atomic E-state index is 12.9. The molecule has 2 amide bonds. The van der Waals surface area contributed by atoms with Crippen molar-refractivity contribution in [2.75, 3.05) is 36.7 Å². The summed E-state index contributed by atoms with van der Waals surface area (Å²) in [4.78, 5) is 24.2. The molecule has 2 unspecified atom stereocenters. The van der Waals surface area contributed by atoms with Gasteiger partial charge in [-0.3, -0.25) is 9.97 Å².